The van der Waals surface area contributed by atoms with Gasteiger partial charge in [0.1, 0.15) is 47.1 Å². The molecule has 80 heavy (non-hydrogen) atoms. The van der Waals surface area contributed by atoms with Crippen LogP contribution in [0.2, 0.25) is 17.4 Å². The van der Waals surface area contributed by atoms with E-state index in [2.05, 4.69) is 52.6 Å². The van der Waals surface area contributed by atoms with Gasteiger partial charge in [-0.25, -0.2) is 63.1 Å². The Morgan fingerprint density at radius 3 is 1.40 bits per heavy atom. The van der Waals surface area contributed by atoms with E-state index in [1.165, 1.54) is 19.8 Å². The summed E-state index contributed by atoms with van der Waals surface area (Å²) in [6, 6.07) is 24.7. The number of aromatic nitrogens is 10. The predicted molar refractivity (Wildman–Crippen MR) is 307 cm³/mol. The molecular weight excluding hydrogens is 1040 g/mol. The van der Waals surface area contributed by atoms with Gasteiger partial charge in [0.2, 0.25) is 11.9 Å². The molecule has 10 rings (SSSR count). The summed E-state index contributed by atoms with van der Waals surface area (Å²) in [5.41, 5.74) is 21.6. The highest BCUT2D eigenvalue weighted by atomic mass is 27.2. The molecule has 6 aromatic heterocycles. The van der Waals surface area contributed by atoms with Gasteiger partial charge in [-0.15, -0.1) is 17.4 Å². The monoisotopic (exact) mass is 1100 g/mol. The summed E-state index contributed by atoms with van der Waals surface area (Å²) in [7, 11) is 1.34. The molecule has 2 aliphatic heterocycles. The average Bonchev–Trinajstić information content (AvgIpc) is 4.44. The summed E-state index contributed by atoms with van der Waals surface area (Å²) in [6.45, 7) is 13.2. The quantitative estimate of drug-likeness (QED) is 0.0659. The van der Waals surface area contributed by atoms with Crippen LogP contribution < -0.4 is 22.5 Å². The zero-order valence-corrected chi connectivity index (χ0v) is 48.0. The van der Waals surface area contributed by atoms with Crippen LogP contribution in [0.4, 0.5) is 33.1 Å². The Labute approximate surface area is 468 Å². The van der Waals surface area contributed by atoms with Crippen LogP contribution in [0.1, 0.15) is 98.3 Å². The zero-order valence-electron chi connectivity index (χ0n) is 46.8. The highest BCUT2D eigenvalue weighted by molar-refractivity contribution is 6.54. The molecule has 2 unspecified atom stereocenters. The summed E-state index contributed by atoms with van der Waals surface area (Å²) in [5, 5.41) is 2.77. The van der Waals surface area contributed by atoms with Crippen molar-refractivity contribution in [3.63, 3.8) is 0 Å². The normalized spacial score (nSPS) is 14.9. The van der Waals surface area contributed by atoms with Gasteiger partial charge in [-0.2, -0.15) is 0 Å². The van der Waals surface area contributed by atoms with Gasteiger partial charge >= 0.3 is 18.2 Å². The number of carbonyl (C=O) groups is 4. The number of nitrogens with one attached hydrogen (secondary N) is 1. The van der Waals surface area contributed by atoms with Gasteiger partial charge in [-0.05, 0) is 103 Å². The maximum absolute atomic E-state index is 12.6. The fourth-order valence-electron chi connectivity index (χ4n) is 8.47. The maximum Gasteiger partial charge on any atom is 0.410 e. The number of benzene rings is 2. The molecule has 2 saturated heterocycles. The molecule has 7 N–H and O–H groups in total. The lowest BCUT2D eigenvalue weighted by Gasteiger charge is -2.24. The Balaban J connectivity index is 0.000000195. The molecule has 8 heterocycles. The molecule has 24 heteroatoms. The third-order valence-electron chi connectivity index (χ3n) is 12.0. The highest BCUT2D eigenvalue weighted by Crippen LogP contribution is 2.35. The molecule has 0 bridgehead atoms. The predicted octanol–water partition coefficient (Wildman–Crippen LogP) is 8.66. The summed E-state index contributed by atoms with van der Waals surface area (Å²) in [6.07, 6.45) is 6.87. The molecule has 8 aromatic rings. The zero-order chi connectivity index (χ0) is 57.9. The van der Waals surface area contributed by atoms with Crippen molar-refractivity contribution in [2.75, 3.05) is 55.8 Å². The molecule has 0 spiro atoms. The van der Waals surface area contributed by atoms with E-state index in [1.54, 1.807) is 104 Å². The number of nitrogens with zero attached hydrogens (tertiary/aromatic N) is 12. The van der Waals surface area contributed by atoms with Crippen LogP contribution in [-0.4, -0.2) is 141 Å². The van der Waals surface area contributed by atoms with Gasteiger partial charge in [0.05, 0.1) is 24.1 Å². The van der Waals surface area contributed by atoms with Crippen LogP contribution in [0.25, 0.3) is 34.1 Å². The smallest absolute Gasteiger partial charge is 0.410 e. The number of esters is 1. The van der Waals surface area contributed by atoms with E-state index in [0.29, 0.717) is 71.9 Å². The molecule has 0 radical (unpaired) electrons. The maximum atomic E-state index is 12.6. The van der Waals surface area contributed by atoms with E-state index in [4.69, 9.17) is 41.4 Å². The second kappa shape index (κ2) is 25.8. The fourth-order valence-corrected chi connectivity index (χ4v) is 8.47. The SMILES string of the molecule is CC(C)(C)OC(=O)N1CCC(c2nc(-c3ccc(C(=O)Nc4ccccn4)cc3)n3c(N)ncnc23)C1.COC(=O)c1ccc(-c2nc(C3CCN(C(=O)OC(C)(C)C)C3)c3ncnc(N)n23)cc1.Nc1ccccn1.[CH3][Al]([CH3])[CH3]. The highest BCUT2D eigenvalue weighted by Gasteiger charge is 2.36. The Morgan fingerprint density at radius 1 is 0.588 bits per heavy atom. The number of anilines is 4. The van der Waals surface area contributed by atoms with Crippen LogP contribution in [0.3, 0.4) is 0 Å². The van der Waals surface area contributed by atoms with Crippen molar-refractivity contribution in [2.45, 2.75) is 94.8 Å². The van der Waals surface area contributed by atoms with Crippen molar-refractivity contribution in [3.05, 3.63) is 132 Å². The number of rotatable bonds is 7. The van der Waals surface area contributed by atoms with Crippen LogP contribution in [-0.2, 0) is 14.2 Å². The molecule has 2 aromatic carbocycles. The number of nitrogens with two attached hydrogens (primary N) is 3. The van der Waals surface area contributed by atoms with Gasteiger partial charge in [0.15, 0.2) is 11.3 Å². The van der Waals surface area contributed by atoms with Crippen molar-refractivity contribution in [1.29, 1.82) is 0 Å². The van der Waals surface area contributed by atoms with Crippen molar-refractivity contribution in [2.24, 2.45) is 0 Å². The molecular formula is C56H69AlN16O7. The topological polar surface area (TPSA) is 304 Å². The van der Waals surface area contributed by atoms with Crippen molar-refractivity contribution >= 4 is 73.0 Å². The summed E-state index contributed by atoms with van der Waals surface area (Å²) >= 11 is -0.139. The second-order valence-electron chi connectivity index (χ2n) is 21.5. The van der Waals surface area contributed by atoms with Crippen molar-refractivity contribution in [3.8, 4) is 22.8 Å². The number of methoxy groups -OCH3 is 1. The number of carbonyl (C=O) groups excluding carboxylic acids is 4. The molecule has 0 aliphatic carbocycles. The van der Waals surface area contributed by atoms with E-state index in [0.717, 1.165) is 35.4 Å². The van der Waals surface area contributed by atoms with E-state index >= 15 is 0 Å². The number of nitrogen functional groups attached to an aromatic ring is 3. The minimum absolute atomic E-state index is 0.0186. The Morgan fingerprint density at radius 2 is 1.02 bits per heavy atom. The molecule has 2 atom stereocenters. The van der Waals surface area contributed by atoms with E-state index in [9.17, 15) is 19.2 Å². The fraction of sp³-hybridized carbons (Fsp3) is 0.357. The third kappa shape index (κ3) is 15.3. The minimum Gasteiger partial charge on any atom is -0.465 e. The van der Waals surface area contributed by atoms with Crippen LogP contribution >= 0.6 is 0 Å². The lowest BCUT2D eigenvalue weighted by Crippen LogP contribution is -2.35. The Bertz CT molecular complexity index is 3400. The Kier molecular flexibility index (Phi) is 19.0. The minimum atomic E-state index is -0.564. The van der Waals surface area contributed by atoms with Gasteiger partial charge < -0.3 is 46.5 Å². The molecule has 2 fully saturated rings. The summed E-state index contributed by atoms with van der Waals surface area (Å²) in [5.74, 6) is 8.86. The summed E-state index contributed by atoms with van der Waals surface area (Å²) < 4.78 is 19.2. The lowest BCUT2D eigenvalue weighted by atomic mass is 10.1. The number of ether oxygens (including phenoxy) is 3. The molecule has 0 saturated carbocycles. The molecule has 2 aliphatic rings. The van der Waals surface area contributed by atoms with E-state index < -0.39 is 17.2 Å². The summed E-state index contributed by atoms with van der Waals surface area (Å²) in [4.78, 5) is 87.6. The number of fused-ring (bicyclic) bond motifs is 2. The first-order valence-corrected chi connectivity index (χ1v) is 29.6. The first kappa shape index (κ1) is 58.9. The van der Waals surface area contributed by atoms with Crippen LogP contribution in [0.15, 0.2) is 110 Å². The van der Waals surface area contributed by atoms with Crippen LogP contribution in [0, 0.1) is 0 Å². The first-order valence-electron chi connectivity index (χ1n) is 26.1. The number of amides is 3. The first-order chi connectivity index (χ1) is 38.0. The number of pyridine rings is 2. The Hall–Kier alpha value is -8.75. The number of hydrogen-bond acceptors (Lipinski definition) is 18. The van der Waals surface area contributed by atoms with Gasteiger partial charge in [0.25, 0.3) is 20.1 Å². The molecule has 23 nitrogen and oxygen atoms in total. The van der Waals surface area contributed by atoms with E-state index in [1.807, 2.05) is 53.7 Å². The van der Waals surface area contributed by atoms with Gasteiger partial charge in [0, 0.05) is 67.1 Å². The lowest BCUT2D eigenvalue weighted by molar-refractivity contribution is 0.0282. The number of imidazole rings is 2. The standard InChI is InChI=1S/C26H28N8O3.C22H26N6O4.C5H6N2.3CH3.Al/c1-26(2,3)37-25(36)33-13-11-18(14-33)20-22-29-15-30-24(27)34(22)21(32-20)16-7-9-17(10-8-16)23(35)31-19-6-4-5-12-28-19;1-22(2,3)32-21(30)27-10-9-15(11-27)16-18-24-12-25-20(23)28(18)17(26-16)13-5-7-14(8-6-13)19(29)31-4;6-5-3-1-2-4-7-5;;;;/h4-10,12,15,18H,11,13-14H2,1-3H3,(H2,27,29,30)(H,28,31,35);5-8,12,15H,9-11H2,1-4H3,(H2,23,24,25);1-4H,(H2,6,7);3*1H3;. The van der Waals surface area contributed by atoms with Crippen molar-refractivity contribution < 1.29 is 33.4 Å². The van der Waals surface area contributed by atoms with E-state index in [-0.39, 0.29) is 56.0 Å². The molecule has 418 valence electrons. The number of likely N-dealkylation sites (tertiary alicyclic amines) is 2. The van der Waals surface area contributed by atoms with Gasteiger partial charge in [-0.1, -0.05) is 36.4 Å². The van der Waals surface area contributed by atoms with Crippen molar-refractivity contribution in [1.82, 2.24) is 58.5 Å². The van der Waals surface area contributed by atoms with Gasteiger partial charge in [-0.3, -0.25) is 4.79 Å². The van der Waals surface area contributed by atoms with Crippen LogP contribution in [0.5, 0.6) is 0 Å². The number of hydrogen-bond donors (Lipinski definition) is 4. The second-order valence-corrected chi connectivity index (χ2v) is 25.0. The molecule has 3 amide bonds. The third-order valence-corrected chi connectivity index (χ3v) is 12.0. The average molecular weight is 1110 g/mol. The largest absolute Gasteiger partial charge is 0.465 e.